The number of hydrogen-bond donors (Lipinski definition) is 1. The maximum absolute atomic E-state index is 11.5. The van der Waals surface area contributed by atoms with E-state index in [1.165, 1.54) is 11.3 Å². The maximum atomic E-state index is 11.5. The molecule has 0 atom stereocenters. The summed E-state index contributed by atoms with van der Waals surface area (Å²) in [5, 5.41) is 8.84. The number of rotatable bonds is 3. The Hall–Kier alpha value is -0.920. The molecule has 7 heteroatoms. The van der Waals surface area contributed by atoms with Crippen LogP contribution < -0.4 is 0 Å². The predicted octanol–water partition coefficient (Wildman–Crippen LogP) is 1.07. The van der Waals surface area contributed by atoms with Gasteiger partial charge < -0.3 is 5.11 Å². The van der Waals surface area contributed by atoms with Crippen molar-refractivity contribution >= 4 is 27.1 Å². The van der Waals surface area contributed by atoms with Gasteiger partial charge in [0.2, 0.25) is 0 Å². The molecule has 0 spiro atoms. The van der Waals surface area contributed by atoms with Crippen LogP contribution in [0.5, 0.6) is 0 Å². The summed E-state index contributed by atoms with van der Waals surface area (Å²) in [5.41, 5.74) is 0. The molecule has 0 bridgehead atoms. The molecule has 1 aliphatic heterocycles. The number of carboxylic acids is 1. The van der Waals surface area contributed by atoms with Gasteiger partial charge in [0.05, 0.1) is 11.5 Å². The van der Waals surface area contributed by atoms with E-state index in [1.54, 1.807) is 12.1 Å². The van der Waals surface area contributed by atoms with E-state index >= 15 is 0 Å². The Morgan fingerprint density at radius 3 is 2.78 bits per heavy atom. The number of carboxylic acid groups (broad SMARTS) is 1. The third kappa shape index (κ3) is 3.54. The van der Waals surface area contributed by atoms with E-state index in [0.29, 0.717) is 24.4 Å². The van der Waals surface area contributed by atoms with Crippen molar-refractivity contribution in [3.05, 3.63) is 21.9 Å². The summed E-state index contributed by atoms with van der Waals surface area (Å²) in [5.74, 6) is -0.455. The fourth-order valence-electron chi connectivity index (χ4n) is 1.95. The predicted molar refractivity (Wildman–Crippen MR) is 69.8 cm³/mol. The van der Waals surface area contributed by atoms with Crippen LogP contribution in [0, 0.1) is 0 Å². The molecule has 1 aromatic heterocycles. The number of aromatic carboxylic acids is 1. The third-order valence-corrected chi connectivity index (χ3v) is 5.67. The molecule has 100 valence electrons. The van der Waals surface area contributed by atoms with Gasteiger partial charge in [-0.25, -0.2) is 13.2 Å². The second-order valence-electron chi connectivity index (χ2n) is 4.35. The molecular weight excluding hydrogens is 274 g/mol. The molecule has 0 aromatic carbocycles. The molecule has 0 radical (unpaired) electrons. The van der Waals surface area contributed by atoms with Crippen LogP contribution in [0.15, 0.2) is 12.1 Å². The molecular formula is C11H15NO4S2. The van der Waals surface area contributed by atoms with Crippen LogP contribution in [-0.2, 0) is 16.4 Å². The van der Waals surface area contributed by atoms with E-state index in [-0.39, 0.29) is 11.5 Å². The zero-order valence-corrected chi connectivity index (χ0v) is 11.5. The summed E-state index contributed by atoms with van der Waals surface area (Å²) in [4.78, 5) is 14.1. The van der Waals surface area contributed by atoms with Crippen LogP contribution in [0.1, 0.15) is 21.0 Å². The van der Waals surface area contributed by atoms with Crippen LogP contribution in [0.3, 0.4) is 0 Å². The largest absolute Gasteiger partial charge is 0.477 e. The minimum absolute atomic E-state index is 0.199. The van der Waals surface area contributed by atoms with E-state index in [2.05, 4.69) is 4.90 Å². The van der Waals surface area contributed by atoms with Crippen LogP contribution in [0.25, 0.3) is 0 Å². The molecule has 1 aromatic rings. The molecule has 0 amide bonds. The maximum Gasteiger partial charge on any atom is 0.345 e. The van der Waals surface area contributed by atoms with Gasteiger partial charge in [-0.2, -0.15) is 0 Å². The number of sulfone groups is 1. The third-order valence-electron chi connectivity index (χ3n) is 2.90. The smallest absolute Gasteiger partial charge is 0.345 e. The highest BCUT2D eigenvalue weighted by Crippen LogP contribution is 2.19. The SMILES string of the molecule is O=C(O)c1ccc(CN2CCCS(=O)(=O)CC2)s1. The summed E-state index contributed by atoms with van der Waals surface area (Å²) in [6.45, 7) is 1.91. The summed E-state index contributed by atoms with van der Waals surface area (Å²) >= 11 is 1.25. The van der Waals surface area contributed by atoms with Crippen LogP contribution in [0.4, 0.5) is 0 Å². The lowest BCUT2D eigenvalue weighted by atomic mass is 10.3. The standard InChI is InChI=1S/C11H15NO4S2/c13-11(14)10-3-2-9(17-10)8-12-4-1-6-18(15,16)7-5-12/h2-3H,1,4-8H2,(H,13,14). The van der Waals surface area contributed by atoms with Gasteiger partial charge in [-0.05, 0) is 25.1 Å². The Morgan fingerprint density at radius 2 is 2.11 bits per heavy atom. The molecule has 0 aliphatic carbocycles. The number of thiophene rings is 1. The van der Waals surface area contributed by atoms with Gasteiger partial charge in [0.15, 0.2) is 9.84 Å². The average Bonchev–Trinajstić information content (AvgIpc) is 2.67. The monoisotopic (exact) mass is 289 g/mol. The Kier molecular flexibility index (Phi) is 4.04. The first-order valence-corrected chi connectivity index (χ1v) is 8.35. The molecule has 1 saturated heterocycles. The van der Waals surface area contributed by atoms with Crippen molar-refractivity contribution in [1.82, 2.24) is 4.90 Å². The van der Waals surface area contributed by atoms with Crippen molar-refractivity contribution in [3.8, 4) is 0 Å². The van der Waals surface area contributed by atoms with Crippen LogP contribution >= 0.6 is 11.3 Å². The molecule has 0 unspecified atom stereocenters. The van der Waals surface area contributed by atoms with Crippen molar-refractivity contribution in [2.75, 3.05) is 24.6 Å². The first-order chi connectivity index (χ1) is 8.46. The van der Waals surface area contributed by atoms with Gasteiger partial charge in [-0.15, -0.1) is 11.3 Å². The molecule has 1 aliphatic rings. The Bertz CT molecular complexity index is 535. The number of carbonyl (C=O) groups is 1. The summed E-state index contributed by atoms with van der Waals surface area (Å²) in [7, 11) is -2.89. The highest BCUT2D eigenvalue weighted by atomic mass is 32.2. The molecule has 2 rings (SSSR count). The van der Waals surface area contributed by atoms with E-state index in [4.69, 9.17) is 5.11 Å². The van der Waals surface area contributed by atoms with Gasteiger partial charge in [0, 0.05) is 18.0 Å². The minimum Gasteiger partial charge on any atom is -0.477 e. The van der Waals surface area contributed by atoms with Crippen molar-refractivity contribution in [2.45, 2.75) is 13.0 Å². The van der Waals surface area contributed by atoms with Crippen molar-refractivity contribution in [2.24, 2.45) is 0 Å². The molecule has 2 heterocycles. The molecule has 0 saturated carbocycles. The normalized spacial score (nSPS) is 20.4. The summed E-state index contributed by atoms with van der Waals surface area (Å²) in [6, 6.07) is 3.39. The average molecular weight is 289 g/mol. The van der Waals surface area contributed by atoms with Crippen LogP contribution in [0.2, 0.25) is 0 Å². The van der Waals surface area contributed by atoms with Crippen molar-refractivity contribution in [1.29, 1.82) is 0 Å². The lowest BCUT2D eigenvalue weighted by Gasteiger charge is -2.17. The topological polar surface area (TPSA) is 74.7 Å². The molecule has 18 heavy (non-hydrogen) atoms. The fraction of sp³-hybridized carbons (Fsp3) is 0.545. The van der Waals surface area contributed by atoms with Crippen LogP contribution in [-0.4, -0.2) is 49.0 Å². The molecule has 5 nitrogen and oxygen atoms in total. The van der Waals surface area contributed by atoms with Gasteiger partial charge in [-0.1, -0.05) is 0 Å². The Morgan fingerprint density at radius 1 is 1.33 bits per heavy atom. The zero-order chi connectivity index (χ0) is 13.2. The first kappa shape index (κ1) is 13.5. The van der Waals surface area contributed by atoms with E-state index in [9.17, 15) is 13.2 Å². The molecule has 1 fully saturated rings. The lowest BCUT2D eigenvalue weighted by molar-refractivity contribution is 0.0702. The van der Waals surface area contributed by atoms with Gasteiger partial charge in [0.1, 0.15) is 4.88 Å². The zero-order valence-electron chi connectivity index (χ0n) is 9.83. The van der Waals surface area contributed by atoms with E-state index in [0.717, 1.165) is 11.4 Å². The molecule has 1 N–H and O–H groups in total. The lowest BCUT2D eigenvalue weighted by Crippen LogP contribution is -2.26. The van der Waals surface area contributed by atoms with Gasteiger partial charge >= 0.3 is 5.97 Å². The quantitative estimate of drug-likeness (QED) is 0.901. The summed E-state index contributed by atoms with van der Waals surface area (Å²) in [6.07, 6.45) is 0.652. The highest BCUT2D eigenvalue weighted by molar-refractivity contribution is 7.91. The van der Waals surface area contributed by atoms with Crippen molar-refractivity contribution < 1.29 is 18.3 Å². The second-order valence-corrected chi connectivity index (χ2v) is 7.82. The van der Waals surface area contributed by atoms with Gasteiger partial charge in [0.25, 0.3) is 0 Å². The minimum atomic E-state index is -2.89. The van der Waals surface area contributed by atoms with E-state index < -0.39 is 15.8 Å². The van der Waals surface area contributed by atoms with Crippen molar-refractivity contribution in [3.63, 3.8) is 0 Å². The Labute approximate surface area is 110 Å². The first-order valence-electron chi connectivity index (χ1n) is 5.71. The van der Waals surface area contributed by atoms with Gasteiger partial charge in [-0.3, -0.25) is 4.90 Å². The fourth-order valence-corrected chi connectivity index (χ4v) is 4.14. The Balaban J connectivity index is 1.98. The highest BCUT2D eigenvalue weighted by Gasteiger charge is 2.19. The second kappa shape index (κ2) is 5.38. The number of hydrogen-bond acceptors (Lipinski definition) is 5. The summed E-state index contributed by atoms with van der Waals surface area (Å²) < 4.78 is 22.9. The van der Waals surface area contributed by atoms with E-state index in [1.807, 2.05) is 0 Å². The number of nitrogens with zero attached hydrogens (tertiary/aromatic N) is 1.